The van der Waals surface area contributed by atoms with Crippen LogP contribution in [0.15, 0.2) is 0 Å². The predicted octanol–water partition coefficient (Wildman–Crippen LogP) is 7.01. The van der Waals surface area contributed by atoms with E-state index in [0.717, 1.165) is 12.8 Å². The van der Waals surface area contributed by atoms with E-state index in [9.17, 15) is 5.11 Å². The zero-order valence-corrected chi connectivity index (χ0v) is 18.1. The van der Waals surface area contributed by atoms with Crippen molar-refractivity contribution in [3.8, 4) is 0 Å². The van der Waals surface area contributed by atoms with Gasteiger partial charge in [0.15, 0.2) is 6.29 Å². The normalized spacial score (nSPS) is 12.8. The highest BCUT2D eigenvalue weighted by Crippen LogP contribution is 2.11. The number of ether oxygens (including phenoxy) is 2. The highest BCUT2D eigenvalue weighted by molar-refractivity contribution is 4.54. The minimum Gasteiger partial charge on any atom is -0.388 e. The van der Waals surface area contributed by atoms with Crippen molar-refractivity contribution in [2.75, 3.05) is 13.2 Å². The smallest absolute Gasteiger partial charge is 0.183 e. The Bertz CT molecular complexity index is 234. The monoisotopic (exact) mass is 372 g/mol. The van der Waals surface area contributed by atoms with Crippen molar-refractivity contribution in [1.82, 2.24) is 0 Å². The fourth-order valence-electron chi connectivity index (χ4n) is 3.20. The Kier molecular flexibility index (Phi) is 21.1. The van der Waals surface area contributed by atoms with E-state index in [4.69, 9.17) is 9.47 Å². The van der Waals surface area contributed by atoms with Gasteiger partial charge in [-0.2, -0.15) is 0 Å². The molecule has 0 aliphatic carbocycles. The van der Waals surface area contributed by atoms with Gasteiger partial charge >= 0.3 is 0 Å². The number of unbranched alkanes of at least 4 members (excludes halogenated alkanes) is 14. The fraction of sp³-hybridized carbons (Fsp3) is 1.00. The summed E-state index contributed by atoms with van der Waals surface area (Å²) in [5.41, 5.74) is 0. The van der Waals surface area contributed by atoms with Crippen LogP contribution in [0.25, 0.3) is 0 Å². The average molecular weight is 373 g/mol. The summed E-state index contributed by atoms with van der Waals surface area (Å²) in [6.45, 7) is 7.66. The molecule has 1 unspecified atom stereocenters. The van der Waals surface area contributed by atoms with Gasteiger partial charge in [-0.1, -0.05) is 104 Å². The first kappa shape index (κ1) is 25.9. The van der Waals surface area contributed by atoms with E-state index in [1.165, 1.54) is 89.9 Å². The molecule has 0 amide bonds. The first-order chi connectivity index (χ1) is 12.7. The van der Waals surface area contributed by atoms with Gasteiger partial charge in [-0.25, -0.2) is 0 Å². The minimum absolute atomic E-state index is 0.455. The van der Waals surface area contributed by atoms with Crippen molar-refractivity contribution in [2.45, 2.75) is 136 Å². The topological polar surface area (TPSA) is 38.7 Å². The Morgan fingerprint density at radius 2 is 0.846 bits per heavy atom. The predicted molar refractivity (Wildman–Crippen MR) is 113 cm³/mol. The van der Waals surface area contributed by atoms with Crippen LogP contribution in [0.2, 0.25) is 0 Å². The van der Waals surface area contributed by atoms with E-state index in [2.05, 4.69) is 13.8 Å². The van der Waals surface area contributed by atoms with E-state index >= 15 is 0 Å². The van der Waals surface area contributed by atoms with Crippen LogP contribution < -0.4 is 0 Å². The minimum atomic E-state index is -0.557. The van der Waals surface area contributed by atoms with Crippen LogP contribution in [0.3, 0.4) is 0 Å². The van der Waals surface area contributed by atoms with Gasteiger partial charge in [-0.3, -0.25) is 0 Å². The summed E-state index contributed by atoms with van der Waals surface area (Å²) in [4.78, 5) is 0. The molecule has 0 spiro atoms. The lowest BCUT2D eigenvalue weighted by atomic mass is 10.1. The molecule has 0 aromatic heterocycles. The maximum Gasteiger partial charge on any atom is 0.183 e. The van der Waals surface area contributed by atoms with Gasteiger partial charge in [-0.15, -0.1) is 0 Å². The van der Waals surface area contributed by atoms with E-state index < -0.39 is 12.4 Å². The Balaban J connectivity index is 3.45. The number of hydrogen-bond donors (Lipinski definition) is 1. The maximum atomic E-state index is 9.81. The van der Waals surface area contributed by atoms with Gasteiger partial charge in [0.25, 0.3) is 0 Å². The highest BCUT2D eigenvalue weighted by atomic mass is 16.7. The maximum absolute atomic E-state index is 9.81. The van der Waals surface area contributed by atoms with Crippen LogP contribution in [0, 0.1) is 0 Å². The SMILES string of the molecule is CCCCCCCCCCOC(OCCCCCCCCCC)C(C)O. The third kappa shape index (κ3) is 18.7. The molecule has 0 bridgehead atoms. The molecule has 158 valence electrons. The van der Waals surface area contributed by atoms with Crippen LogP contribution in [0.4, 0.5) is 0 Å². The van der Waals surface area contributed by atoms with Gasteiger partial charge < -0.3 is 14.6 Å². The summed E-state index contributed by atoms with van der Waals surface area (Å²) in [6.07, 6.45) is 19.7. The summed E-state index contributed by atoms with van der Waals surface area (Å²) in [5.74, 6) is 0. The Labute approximate surface area is 164 Å². The third-order valence-electron chi connectivity index (χ3n) is 4.95. The first-order valence-electron chi connectivity index (χ1n) is 11.6. The molecule has 0 aliphatic heterocycles. The number of rotatable bonds is 21. The first-order valence-corrected chi connectivity index (χ1v) is 11.6. The van der Waals surface area contributed by atoms with Crippen molar-refractivity contribution in [2.24, 2.45) is 0 Å². The Hall–Kier alpha value is -0.120. The van der Waals surface area contributed by atoms with E-state index in [1.54, 1.807) is 6.92 Å². The quantitative estimate of drug-likeness (QED) is 0.174. The van der Waals surface area contributed by atoms with Gasteiger partial charge in [0.2, 0.25) is 0 Å². The van der Waals surface area contributed by atoms with Crippen LogP contribution in [-0.4, -0.2) is 30.7 Å². The average Bonchev–Trinajstić information content (AvgIpc) is 2.63. The molecule has 1 N–H and O–H groups in total. The van der Waals surface area contributed by atoms with Crippen LogP contribution in [0.5, 0.6) is 0 Å². The molecule has 1 atom stereocenters. The molecule has 0 aliphatic rings. The largest absolute Gasteiger partial charge is 0.388 e. The lowest BCUT2D eigenvalue weighted by Gasteiger charge is -2.21. The zero-order chi connectivity index (χ0) is 19.3. The van der Waals surface area contributed by atoms with Crippen LogP contribution >= 0.6 is 0 Å². The van der Waals surface area contributed by atoms with Crippen molar-refractivity contribution >= 4 is 0 Å². The number of aliphatic hydroxyl groups excluding tert-OH is 1. The fourth-order valence-corrected chi connectivity index (χ4v) is 3.20. The molecular weight excluding hydrogens is 324 g/mol. The van der Waals surface area contributed by atoms with Crippen molar-refractivity contribution in [1.29, 1.82) is 0 Å². The molecule has 0 radical (unpaired) electrons. The highest BCUT2D eigenvalue weighted by Gasteiger charge is 2.15. The molecule has 0 saturated carbocycles. The van der Waals surface area contributed by atoms with E-state index in [1.807, 2.05) is 0 Å². The summed E-state index contributed by atoms with van der Waals surface area (Å²) in [7, 11) is 0. The zero-order valence-electron chi connectivity index (χ0n) is 18.1. The van der Waals surface area contributed by atoms with Crippen molar-refractivity contribution < 1.29 is 14.6 Å². The van der Waals surface area contributed by atoms with E-state index in [0.29, 0.717) is 13.2 Å². The van der Waals surface area contributed by atoms with Crippen molar-refractivity contribution in [3.63, 3.8) is 0 Å². The lowest BCUT2D eigenvalue weighted by molar-refractivity contribution is -0.190. The third-order valence-corrected chi connectivity index (χ3v) is 4.95. The summed E-state index contributed by atoms with van der Waals surface area (Å²) < 4.78 is 11.5. The summed E-state index contributed by atoms with van der Waals surface area (Å²) in [6, 6.07) is 0. The molecule has 26 heavy (non-hydrogen) atoms. The molecule has 0 aromatic carbocycles. The molecular formula is C23H48O3. The molecule has 3 nitrogen and oxygen atoms in total. The molecule has 0 heterocycles. The van der Waals surface area contributed by atoms with Gasteiger partial charge in [0, 0.05) is 13.2 Å². The second-order valence-corrected chi connectivity index (χ2v) is 7.80. The Morgan fingerprint density at radius 3 is 1.15 bits per heavy atom. The molecule has 0 fully saturated rings. The van der Waals surface area contributed by atoms with Crippen LogP contribution in [0.1, 0.15) is 124 Å². The molecule has 3 heteroatoms. The lowest BCUT2D eigenvalue weighted by Crippen LogP contribution is -2.30. The van der Waals surface area contributed by atoms with Gasteiger partial charge in [-0.05, 0) is 19.8 Å². The standard InChI is InChI=1S/C23H48O3/c1-4-6-8-10-12-14-16-18-20-25-23(22(3)24)26-21-19-17-15-13-11-9-7-5-2/h22-24H,4-21H2,1-3H3. The molecule has 0 saturated heterocycles. The number of hydrogen-bond acceptors (Lipinski definition) is 3. The Morgan fingerprint density at radius 1 is 0.538 bits per heavy atom. The summed E-state index contributed by atoms with van der Waals surface area (Å²) >= 11 is 0. The van der Waals surface area contributed by atoms with Gasteiger partial charge in [0.1, 0.15) is 6.10 Å². The second-order valence-electron chi connectivity index (χ2n) is 7.80. The van der Waals surface area contributed by atoms with Crippen LogP contribution in [-0.2, 0) is 9.47 Å². The van der Waals surface area contributed by atoms with Gasteiger partial charge in [0.05, 0.1) is 0 Å². The molecule has 0 aromatic rings. The number of aliphatic hydroxyl groups is 1. The second kappa shape index (κ2) is 21.2. The van der Waals surface area contributed by atoms with E-state index in [-0.39, 0.29) is 0 Å². The molecule has 0 rings (SSSR count). The van der Waals surface area contributed by atoms with Crippen molar-refractivity contribution in [3.05, 3.63) is 0 Å². The summed E-state index contributed by atoms with van der Waals surface area (Å²) in [5, 5.41) is 9.81.